The van der Waals surface area contributed by atoms with Crippen LogP contribution in [0.2, 0.25) is 0 Å². The molecule has 4 aromatic rings. The van der Waals surface area contributed by atoms with E-state index >= 15 is 0 Å². The topological polar surface area (TPSA) is 179 Å². The molecule has 0 fully saturated rings. The Morgan fingerprint density at radius 3 is 0.724 bits per heavy atom. The van der Waals surface area contributed by atoms with Crippen LogP contribution in [0.15, 0.2) is 92.8 Å². The second-order valence-corrected chi connectivity index (χ2v) is 18.3. The standard InChI is InChI=1S/2C28H40N2O4.2CH2Cl2.2Ni/c2*1-3-5-7-9-19-33-25-15-11-13-23(27(25)31)21-29-17-18-30-22-24-14-12-16-26(28(24)32)34-20-10-8-6-4-2;2*2-1-3;;/h2*11-16,21-22,31-32H,3-10,17-20H2,1-2H3;2*1H2;;/q;;;;2*+2/p-4. The first kappa shape index (κ1) is 74.2. The van der Waals surface area contributed by atoms with E-state index in [4.69, 9.17) is 65.4 Å². The van der Waals surface area contributed by atoms with Gasteiger partial charge >= 0.3 is 33.0 Å². The number of alkyl halides is 4. The predicted octanol–water partition coefficient (Wildman–Crippen LogP) is 13.4. The Morgan fingerprint density at radius 1 is 0.342 bits per heavy atom. The van der Waals surface area contributed by atoms with Crippen molar-refractivity contribution in [2.75, 3.05) is 63.3 Å². The summed E-state index contributed by atoms with van der Waals surface area (Å²) in [7, 11) is 0. The van der Waals surface area contributed by atoms with Crippen LogP contribution in [-0.4, -0.2) is 88.1 Å². The Bertz CT molecular complexity index is 1860. The van der Waals surface area contributed by atoms with Gasteiger partial charge in [-0.3, -0.25) is 20.0 Å². The molecule has 0 saturated carbocycles. The number of halogens is 4. The fourth-order valence-electron chi connectivity index (χ4n) is 6.72. The molecule has 4 aromatic carbocycles. The third kappa shape index (κ3) is 34.8. The van der Waals surface area contributed by atoms with Crippen molar-refractivity contribution >= 4 is 71.3 Å². The second-order valence-electron chi connectivity index (χ2n) is 16.7. The first-order chi connectivity index (χ1) is 36.2. The van der Waals surface area contributed by atoms with Gasteiger partial charge in [0.1, 0.15) is 23.0 Å². The molecule has 4 rings (SSSR count). The van der Waals surface area contributed by atoms with Gasteiger partial charge in [-0.2, -0.15) is 0 Å². The van der Waals surface area contributed by atoms with Crippen molar-refractivity contribution < 1.29 is 72.4 Å². The zero-order valence-corrected chi connectivity index (χ0v) is 49.8. The molecule has 0 unspecified atom stereocenters. The number of rotatable bonds is 34. The molecule has 0 spiro atoms. The fraction of sp³-hybridized carbons (Fsp3) is 0.517. The fourth-order valence-corrected chi connectivity index (χ4v) is 6.72. The molecule has 18 heteroatoms. The molecule has 0 aliphatic heterocycles. The second kappa shape index (κ2) is 51.8. The largest absolute Gasteiger partial charge is 2.00 e. The van der Waals surface area contributed by atoms with Crippen molar-refractivity contribution in [3.05, 3.63) is 95.1 Å². The summed E-state index contributed by atoms with van der Waals surface area (Å²) in [6, 6.07) is 20.9. The Hall–Kier alpha value is -3.89. The molecule has 12 nitrogen and oxygen atoms in total. The van der Waals surface area contributed by atoms with E-state index in [9.17, 15) is 20.4 Å². The molecule has 76 heavy (non-hydrogen) atoms. The minimum Gasteiger partial charge on any atom is -0.870 e. The molecule has 0 heterocycles. The molecular weight excluding hydrogens is 1140 g/mol. The van der Waals surface area contributed by atoms with E-state index in [0.29, 0.717) is 97.9 Å². The van der Waals surface area contributed by atoms with E-state index in [-0.39, 0.29) is 66.7 Å². The number of ether oxygens (including phenoxy) is 4. The van der Waals surface area contributed by atoms with Gasteiger partial charge in [-0.1, -0.05) is 176 Å². The van der Waals surface area contributed by atoms with Gasteiger partial charge in [-0.05, 0) is 72.2 Å². The van der Waals surface area contributed by atoms with E-state index in [2.05, 4.69) is 47.7 Å². The van der Waals surface area contributed by atoms with Gasteiger partial charge < -0.3 is 39.4 Å². The maximum atomic E-state index is 12.5. The van der Waals surface area contributed by atoms with Crippen molar-refractivity contribution in [1.82, 2.24) is 0 Å². The molecule has 0 saturated heterocycles. The van der Waals surface area contributed by atoms with Crippen molar-refractivity contribution in [3.8, 4) is 46.0 Å². The average molecular weight is 1220 g/mol. The number of para-hydroxylation sites is 4. The molecule has 0 aliphatic rings. The summed E-state index contributed by atoms with van der Waals surface area (Å²) in [5.41, 5.74) is 2.00. The maximum absolute atomic E-state index is 12.5. The summed E-state index contributed by atoms with van der Waals surface area (Å²) in [6.07, 6.45) is 23.9. The number of benzene rings is 4. The number of nitrogens with zero attached hydrogens (tertiary/aromatic N) is 4. The molecular formula is C58H80Cl4N4Ni2O8. The van der Waals surface area contributed by atoms with Gasteiger partial charge in [0, 0.05) is 24.9 Å². The molecule has 0 bridgehead atoms. The molecule has 0 amide bonds. The van der Waals surface area contributed by atoms with Crippen LogP contribution in [0.1, 0.15) is 153 Å². The number of unbranched alkanes of at least 4 members (excludes halogenated alkanes) is 12. The normalized spacial score (nSPS) is 10.7. The number of hydrogen-bond acceptors (Lipinski definition) is 12. The first-order valence-corrected chi connectivity index (χ1v) is 28.3. The van der Waals surface area contributed by atoms with Crippen molar-refractivity contribution in [2.24, 2.45) is 20.0 Å². The van der Waals surface area contributed by atoms with Crippen molar-refractivity contribution in [2.45, 2.75) is 130 Å². The monoisotopic (exact) mass is 1220 g/mol. The Morgan fingerprint density at radius 2 is 0.539 bits per heavy atom. The van der Waals surface area contributed by atoms with Gasteiger partial charge in [0.15, 0.2) is 0 Å². The van der Waals surface area contributed by atoms with E-state index in [1.54, 1.807) is 97.7 Å². The summed E-state index contributed by atoms with van der Waals surface area (Å²) >= 11 is 19.1. The molecule has 0 atom stereocenters. The summed E-state index contributed by atoms with van der Waals surface area (Å²) in [4.78, 5) is 17.2. The predicted molar refractivity (Wildman–Crippen MR) is 305 cm³/mol. The third-order valence-corrected chi connectivity index (χ3v) is 10.7. The number of aliphatic imine (C=N–C) groups is 4. The van der Waals surface area contributed by atoms with Crippen LogP contribution in [0, 0.1) is 0 Å². The number of hydrogen-bond donors (Lipinski definition) is 0. The van der Waals surface area contributed by atoms with Crippen LogP contribution in [-0.2, 0) is 33.0 Å². The van der Waals surface area contributed by atoms with Crippen LogP contribution in [0.25, 0.3) is 0 Å². The van der Waals surface area contributed by atoms with Gasteiger partial charge in [0.2, 0.25) is 0 Å². The summed E-state index contributed by atoms with van der Waals surface area (Å²) in [6.45, 7) is 12.5. The van der Waals surface area contributed by atoms with Gasteiger partial charge in [-0.25, -0.2) is 0 Å². The summed E-state index contributed by atoms with van der Waals surface area (Å²) < 4.78 is 22.6. The van der Waals surface area contributed by atoms with E-state index in [1.807, 2.05) is 0 Å². The van der Waals surface area contributed by atoms with Crippen LogP contribution < -0.4 is 39.4 Å². The van der Waals surface area contributed by atoms with E-state index in [1.165, 1.54) is 51.4 Å². The smallest absolute Gasteiger partial charge is 0.870 e. The maximum Gasteiger partial charge on any atom is 2.00 e. The Kier molecular flexibility index (Phi) is 50.6. The minimum absolute atomic E-state index is 0. The van der Waals surface area contributed by atoms with Crippen LogP contribution >= 0.6 is 46.4 Å². The van der Waals surface area contributed by atoms with Crippen LogP contribution in [0.3, 0.4) is 0 Å². The SMILES string of the molecule is CCCCCCOc1cccc(C=NCCN=Cc2cccc(OCCCCCC)c2[O-])c1[O-].CCCCCCOc1cccc(C=NCCN=Cc2cccc(OCCCCCC)c2[O-])c1[O-].ClCCl.ClCCl.[Ni+2].[Ni+2]. The Labute approximate surface area is 495 Å². The minimum atomic E-state index is -0.146. The quantitative estimate of drug-likeness (QED) is 0.0192. The van der Waals surface area contributed by atoms with Crippen LogP contribution in [0.5, 0.6) is 46.0 Å². The van der Waals surface area contributed by atoms with Crippen molar-refractivity contribution in [1.29, 1.82) is 0 Å². The van der Waals surface area contributed by atoms with Gasteiger partial charge in [0.25, 0.3) is 0 Å². The zero-order chi connectivity index (χ0) is 54.3. The molecule has 0 aliphatic carbocycles. The first-order valence-electron chi connectivity index (χ1n) is 26.1. The van der Waals surface area contributed by atoms with E-state index < -0.39 is 0 Å². The molecule has 428 valence electrons. The molecule has 0 N–H and O–H groups in total. The van der Waals surface area contributed by atoms with Gasteiger partial charge in [-0.15, -0.1) is 46.4 Å². The van der Waals surface area contributed by atoms with Crippen LogP contribution in [0.4, 0.5) is 0 Å². The van der Waals surface area contributed by atoms with Gasteiger partial charge in [0.05, 0.1) is 63.3 Å². The molecule has 0 radical (unpaired) electrons. The summed E-state index contributed by atoms with van der Waals surface area (Å²) in [5.74, 6) is 0.895. The zero-order valence-electron chi connectivity index (χ0n) is 44.8. The van der Waals surface area contributed by atoms with Crippen molar-refractivity contribution in [3.63, 3.8) is 0 Å². The van der Waals surface area contributed by atoms with E-state index in [0.717, 1.165) is 51.4 Å². The average Bonchev–Trinajstić information content (AvgIpc) is 3.39. The Balaban J connectivity index is 0. The summed E-state index contributed by atoms with van der Waals surface area (Å²) in [5, 5.41) is 50.4. The third-order valence-electron chi connectivity index (χ3n) is 10.7. The molecule has 0 aromatic heterocycles.